The van der Waals surface area contributed by atoms with Crippen LogP contribution in [0.3, 0.4) is 0 Å². The Bertz CT molecular complexity index is 462. The third-order valence-electron chi connectivity index (χ3n) is 2.67. The second-order valence-electron chi connectivity index (χ2n) is 4.16. The van der Waals surface area contributed by atoms with Crippen molar-refractivity contribution in [1.82, 2.24) is 0 Å². The number of aliphatic hydroxyl groups excluding tert-OH is 2. The quantitative estimate of drug-likeness (QED) is 0.408. The van der Waals surface area contributed by atoms with Crippen LogP contribution in [0, 0.1) is 0 Å². The van der Waals surface area contributed by atoms with Crippen molar-refractivity contribution in [2.45, 2.75) is 12.5 Å². The van der Waals surface area contributed by atoms with Crippen molar-refractivity contribution in [3.8, 4) is 11.5 Å². The van der Waals surface area contributed by atoms with E-state index >= 15 is 0 Å². The summed E-state index contributed by atoms with van der Waals surface area (Å²) in [6.07, 6.45) is -0.922. The molecule has 1 unspecified atom stereocenters. The molecule has 1 atom stereocenters. The number of esters is 1. The van der Waals surface area contributed by atoms with Gasteiger partial charge in [-0.2, -0.15) is 0 Å². The predicted molar refractivity (Wildman–Crippen MR) is 72.0 cm³/mol. The third kappa shape index (κ3) is 4.29. The molecule has 0 aromatic heterocycles. The SMILES string of the molecule is COC(=O)Cc1cc(NCC(O)CO)c(O)c(OC)c1. The molecule has 0 aliphatic heterocycles. The van der Waals surface area contributed by atoms with Gasteiger partial charge in [-0.15, -0.1) is 0 Å². The number of aromatic hydroxyl groups is 1. The molecule has 0 aliphatic carbocycles. The standard InChI is InChI=1S/C13H19NO6/c1-19-11-4-8(5-12(17)20-2)3-10(13(11)18)14-6-9(16)7-15/h3-4,9,14-16,18H,5-7H2,1-2H3. The molecule has 7 nitrogen and oxygen atoms in total. The smallest absolute Gasteiger partial charge is 0.309 e. The average molecular weight is 285 g/mol. The maximum Gasteiger partial charge on any atom is 0.309 e. The van der Waals surface area contributed by atoms with E-state index in [4.69, 9.17) is 9.84 Å². The minimum atomic E-state index is -0.954. The number of ether oxygens (including phenoxy) is 2. The van der Waals surface area contributed by atoms with Gasteiger partial charge in [0.05, 0.1) is 39.0 Å². The van der Waals surface area contributed by atoms with Crippen molar-refractivity contribution in [3.63, 3.8) is 0 Å². The van der Waals surface area contributed by atoms with Gasteiger partial charge < -0.3 is 30.1 Å². The molecule has 4 N–H and O–H groups in total. The van der Waals surface area contributed by atoms with Crippen LogP contribution < -0.4 is 10.1 Å². The largest absolute Gasteiger partial charge is 0.503 e. The molecule has 0 saturated heterocycles. The van der Waals surface area contributed by atoms with Crippen LogP contribution in [0.2, 0.25) is 0 Å². The highest BCUT2D eigenvalue weighted by molar-refractivity contribution is 5.74. The Kier molecular flexibility index (Phi) is 6.08. The molecule has 0 aliphatic rings. The lowest BCUT2D eigenvalue weighted by Gasteiger charge is -2.15. The monoisotopic (exact) mass is 285 g/mol. The van der Waals surface area contributed by atoms with E-state index in [-0.39, 0.29) is 24.5 Å². The highest BCUT2D eigenvalue weighted by Crippen LogP contribution is 2.35. The second kappa shape index (κ2) is 7.56. The lowest BCUT2D eigenvalue weighted by molar-refractivity contribution is -0.139. The Morgan fingerprint density at radius 2 is 2.10 bits per heavy atom. The lowest BCUT2D eigenvalue weighted by atomic mass is 10.1. The number of rotatable bonds is 7. The zero-order valence-electron chi connectivity index (χ0n) is 11.4. The Hall–Kier alpha value is -1.99. The maximum atomic E-state index is 11.3. The van der Waals surface area contributed by atoms with Crippen LogP contribution in [-0.2, 0) is 16.0 Å². The molecule has 20 heavy (non-hydrogen) atoms. The molecule has 112 valence electrons. The molecule has 0 heterocycles. The molecule has 1 aromatic carbocycles. The van der Waals surface area contributed by atoms with Gasteiger partial charge in [0.2, 0.25) is 0 Å². The molecular formula is C13H19NO6. The number of hydrogen-bond donors (Lipinski definition) is 4. The summed E-state index contributed by atoms with van der Waals surface area (Å²) in [6.45, 7) is -0.346. The van der Waals surface area contributed by atoms with Gasteiger partial charge in [-0.3, -0.25) is 4.79 Å². The van der Waals surface area contributed by atoms with Crippen molar-refractivity contribution in [2.75, 3.05) is 32.7 Å². The number of anilines is 1. The first-order chi connectivity index (χ1) is 9.51. The fourth-order valence-electron chi connectivity index (χ4n) is 1.59. The summed E-state index contributed by atoms with van der Waals surface area (Å²) < 4.78 is 9.60. The van der Waals surface area contributed by atoms with Crippen LogP contribution in [0.5, 0.6) is 11.5 Å². The lowest BCUT2D eigenvalue weighted by Crippen LogP contribution is -2.23. The first-order valence-electron chi connectivity index (χ1n) is 6.01. The van der Waals surface area contributed by atoms with Gasteiger partial charge in [0.25, 0.3) is 0 Å². The van der Waals surface area contributed by atoms with Gasteiger partial charge in [0, 0.05) is 6.54 Å². The Labute approximate surface area is 116 Å². The molecule has 1 aromatic rings. The van der Waals surface area contributed by atoms with Crippen molar-refractivity contribution in [1.29, 1.82) is 0 Å². The van der Waals surface area contributed by atoms with Crippen LogP contribution in [0.4, 0.5) is 5.69 Å². The number of carbonyl (C=O) groups excluding carboxylic acids is 1. The second-order valence-corrected chi connectivity index (χ2v) is 4.16. The van der Waals surface area contributed by atoms with Gasteiger partial charge in [-0.25, -0.2) is 0 Å². The van der Waals surface area contributed by atoms with Gasteiger partial charge in [-0.05, 0) is 17.7 Å². The summed E-state index contributed by atoms with van der Waals surface area (Å²) in [6, 6.07) is 3.08. The normalized spacial score (nSPS) is 11.8. The molecule has 0 bridgehead atoms. The summed E-state index contributed by atoms with van der Waals surface area (Å²) in [4.78, 5) is 11.3. The number of benzene rings is 1. The summed E-state index contributed by atoms with van der Waals surface area (Å²) >= 11 is 0. The number of methoxy groups -OCH3 is 2. The first kappa shape index (κ1) is 16.1. The van der Waals surface area contributed by atoms with Crippen LogP contribution in [0.15, 0.2) is 12.1 Å². The van der Waals surface area contributed by atoms with Gasteiger partial charge >= 0.3 is 5.97 Å². The van der Waals surface area contributed by atoms with Crippen LogP contribution in [0.1, 0.15) is 5.56 Å². The first-order valence-corrected chi connectivity index (χ1v) is 6.01. The van der Waals surface area contributed by atoms with Gasteiger partial charge in [0.15, 0.2) is 11.5 Å². The van der Waals surface area contributed by atoms with Crippen LogP contribution in [-0.4, -0.2) is 54.8 Å². The summed E-state index contributed by atoms with van der Waals surface area (Å²) in [5.74, 6) is -0.349. The van der Waals surface area contributed by atoms with Crippen molar-refractivity contribution in [2.24, 2.45) is 0 Å². The zero-order valence-corrected chi connectivity index (χ0v) is 11.4. The Morgan fingerprint density at radius 1 is 1.40 bits per heavy atom. The van der Waals surface area contributed by atoms with Gasteiger partial charge in [0.1, 0.15) is 0 Å². The van der Waals surface area contributed by atoms with E-state index in [0.29, 0.717) is 11.3 Å². The summed E-state index contributed by atoms with van der Waals surface area (Å²) in [5.41, 5.74) is 0.892. The fourth-order valence-corrected chi connectivity index (χ4v) is 1.59. The van der Waals surface area contributed by atoms with Crippen molar-refractivity contribution >= 4 is 11.7 Å². The average Bonchev–Trinajstić information content (AvgIpc) is 2.46. The molecule has 0 amide bonds. The Morgan fingerprint density at radius 3 is 2.65 bits per heavy atom. The molecule has 0 spiro atoms. The number of nitrogens with one attached hydrogen (secondary N) is 1. The topological polar surface area (TPSA) is 108 Å². The molecule has 1 rings (SSSR count). The van der Waals surface area contributed by atoms with Crippen LogP contribution >= 0.6 is 0 Å². The highest BCUT2D eigenvalue weighted by Gasteiger charge is 2.14. The predicted octanol–water partition coefficient (Wildman–Crippen LogP) is -0.119. The Balaban J connectivity index is 2.96. The van der Waals surface area contributed by atoms with E-state index in [1.807, 2.05) is 0 Å². The highest BCUT2D eigenvalue weighted by atomic mass is 16.5. The van der Waals surface area contributed by atoms with E-state index in [1.165, 1.54) is 20.3 Å². The van der Waals surface area contributed by atoms with Crippen molar-refractivity contribution < 1.29 is 29.6 Å². The van der Waals surface area contributed by atoms with Gasteiger partial charge in [-0.1, -0.05) is 0 Å². The van der Waals surface area contributed by atoms with E-state index in [2.05, 4.69) is 10.1 Å². The van der Waals surface area contributed by atoms with E-state index in [1.54, 1.807) is 6.07 Å². The zero-order chi connectivity index (χ0) is 15.1. The maximum absolute atomic E-state index is 11.3. The van der Waals surface area contributed by atoms with Crippen molar-refractivity contribution in [3.05, 3.63) is 17.7 Å². The number of phenolic OH excluding ortho intramolecular Hbond substituents is 1. The molecule has 0 radical (unpaired) electrons. The van der Waals surface area contributed by atoms with Crippen LogP contribution in [0.25, 0.3) is 0 Å². The van der Waals surface area contributed by atoms with E-state index < -0.39 is 18.7 Å². The number of aliphatic hydroxyl groups is 2. The molecular weight excluding hydrogens is 266 g/mol. The molecule has 0 saturated carbocycles. The fraction of sp³-hybridized carbons (Fsp3) is 0.462. The minimum Gasteiger partial charge on any atom is -0.503 e. The third-order valence-corrected chi connectivity index (χ3v) is 2.67. The summed E-state index contributed by atoms with van der Waals surface area (Å²) in [7, 11) is 2.68. The number of phenols is 1. The molecule has 0 fully saturated rings. The number of carbonyl (C=O) groups is 1. The van der Waals surface area contributed by atoms with E-state index in [0.717, 1.165) is 0 Å². The summed E-state index contributed by atoms with van der Waals surface area (Å²) in [5, 5.41) is 30.8. The van der Waals surface area contributed by atoms with E-state index in [9.17, 15) is 15.0 Å². The molecule has 7 heteroatoms. The number of hydrogen-bond acceptors (Lipinski definition) is 7. The minimum absolute atomic E-state index is 0.0321.